The first-order valence-corrected chi connectivity index (χ1v) is 11.6. The molecule has 7 nitrogen and oxygen atoms in total. The van der Waals surface area contributed by atoms with E-state index in [2.05, 4.69) is 17.6 Å². The Balaban J connectivity index is 1.39. The van der Waals surface area contributed by atoms with Crippen molar-refractivity contribution in [2.45, 2.75) is 31.8 Å². The van der Waals surface area contributed by atoms with Crippen LogP contribution in [0.3, 0.4) is 0 Å². The normalized spacial score (nSPS) is 15.8. The molecule has 176 valence electrons. The molecule has 0 bridgehead atoms. The van der Waals surface area contributed by atoms with Gasteiger partial charge < -0.3 is 23.7 Å². The van der Waals surface area contributed by atoms with Crippen molar-refractivity contribution in [1.82, 2.24) is 9.47 Å². The van der Waals surface area contributed by atoms with E-state index in [1.165, 1.54) is 7.11 Å². The van der Waals surface area contributed by atoms with Crippen LogP contribution in [-0.4, -0.2) is 48.7 Å². The molecule has 0 aliphatic carbocycles. The number of esters is 1. The zero-order valence-electron chi connectivity index (χ0n) is 19.7. The van der Waals surface area contributed by atoms with Crippen molar-refractivity contribution in [3.8, 4) is 17.2 Å². The van der Waals surface area contributed by atoms with Gasteiger partial charge >= 0.3 is 5.97 Å². The maximum Gasteiger partial charge on any atom is 0.337 e. The molecular weight excluding hydrogens is 432 g/mol. The molecule has 1 saturated heterocycles. The number of likely N-dealkylation sites (tertiary alicyclic amines) is 1. The number of hydrogen-bond donors (Lipinski definition) is 0. The van der Waals surface area contributed by atoms with Crippen LogP contribution in [0.5, 0.6) is 11.5 Å². The molecule has 0 atom stereocenters. The molecule has 0 saturated carbocycles. The van der Waals surface area contributed by atoms with Gasteiger partial charge in [0.05, 0.1) is 31.2 Å². The first kappa shape index (κ1) is 22.1. The van der Waals surface area contributed by atoms with Gasteiger partial charge in [0, 0.05) is 37.7 Å². The minimum Gasteiger partial charge on any atom is -0.496 e. The number of aromatic nitrogens is 1. The third-order valence-electron chi connectivity index (χ3n) is 6.93. The van der Waals surface area contributed by atoms with E-state index in [-0.39, 0.29) is 5.91 Å². The summed E-state index contributed by atoms with van der Waals surface area (Å²) in [6.45, 7) is 3.19. The summed E-state index contributed by atoms with van der Waals surface area (Å²) in [5.74, 6) is 0.985. The van der Waals surface area contributed by atoms with E-state index in [1.54, 1.807) is 19.2 Å². The minimum absolute atomic E-state index is 0.00428. The molecule has 3 aromatic rings. The van der Waals surface area contributed by atoms with Crippen molar-refractivity contribution in [1.29, 1.82) is 0 Å². The van der Waals surface area contributed by atoms with Gasteiger partial charge in [0.2, 0.25) is 0 Å². The molecule has 34 heavy (non-hydrogen) atoms. The Kier molecular flexibility index (Phi) is 5.55. The fraction of sp³-hybridized carbons (Fsp3) is 0.333. The summed E-state index contributed by atoms with van der Waals surface area (Å²) in [6, 6.07) is 15.1. The number of hydrogen-bond acceptors (Lipinski definition) is 5. The van der Waals surface area contributed by atoms with Crippen LogP contribution in [0.15, 0.2) is 54.7 Å². The number of methoxy groups -OCH3 is 2. The lowest BCUT2D eigenvalue weighted by Gasteiger charge is -2.45. The summed E-state index contributed by atoms with van der Waals surface area (Å²) in [5, 5.41) is 0. The van der Waals surface area contributed by atoms with Crippen LogP contribution in [-0.2, 0) is 16.8 Å². The SMILES string of the molecule is CCc1ccc(C(=O)N2CCC3(CC2)Oc2cc(C(=O)OC)ccc2-n2cccc23)cc1OC. The summed E-state index contributed by atoms with van der Waals surface area (Å²) in [5.41, 5.74) is 3.55. The van der Waals surface area contributed by atoms with E-state index < -0.39 is 11.6 Å². The molecule has 3 heterocycles. The third-order valence-corrected chi connectivity index (χ3v) is 6.93. The standard InChI is InChI=1S/C27H28N2O5/c1-4-18-7-8-19(16-22(18)32-2)25(30)28-14-11-27(12-15-28)24-6-5-13-29(24)21-10-9-20(26(31)33-3)17-23(21)34-27/h5-10,13,16-17H,4,11-12,14-15H2,1-3H3. The predicted molar refractivity (Wildman–Crippen MR) is 127 cm³/mol. The molecular formula is C27H28N2O5. The Morgan fingerprint density at radius 1 is 1.03 bits per heavy atom. The van der Waals surface area contributed by atoms with E-state index in [1.807, 2.05) is 41.4 Å². The van der Waals surface area contributed by atoms with Crippen molar-refractivity contribution in [2.75, 3.05) is 27.3 Å². The van der Waals surface area contributed by atoms with Crippen molar-refractivity contribution in [3.63, 3.8) is 0 Å². The quantitative estimate of drug-likeness (QED) is 0.541. The van der Waals surface area contributed by atoms with Crippen molar-refractivity contribution >= 4 is 11.9 Å². The number of ether oxygens (including phenoxy) is 3. The zero-order chi connectivity index (χ0) is 23.9. The van der Waals surface area contributed by atoms with Crippen molar-refractivity contribution < 1.29 is 23.8 Å². The molecule has 2 aliphatic heterocycles. The maximum atomic E-state index is 13.3. The predicted octanol–water partition coefficient (Wildman–Crippen LogP) is 4.36. The number of carbonyl (C=O) groups excluding carboxylic acids is 2. The van der Waals surface area contributed by atoms with E-state index >= 15 is 0 Å². The Bertz CT molecular complexity index is 1250. The van der Waals surface area contributed by atoms with Gasteiger partial charge in [-0.25, -0.2) is 4.79 Å². The van der Waals surface area contributed by atoms with Crippen LogP contribution in [0.25, 0.3) is 5.69 Å². The van der Waals surface area contributed by atoms with E-state index in [4.69, 9.17) is 14.2 Å². The highest BCUT2D eigenvalue weighted by Gasteiger charge is 2.44. The highest BCUT2D eigenvalue weighted by Crippen LogP contribution is 2.45. The molecule has 0 unspecified atom stereocenters. The number of carbonyl (C=O) groups is 2. The molecule has 1 fully saturated rings. The van der Waals surface area contributed by atoms with Crippen molar-refractivity contribution in [2.24, 2.45) is 0 Å². The summed E-state index contributed by atoms with van der Waals surface area (Å²) in [4.78, 5) is 27.2. The highest BCUT2D eigenvalue weighted by atomic mass is 16.5. The van der Waals surface area contributed by atoms with E-state index in [0.717, 1.165) is 29.1 Å². The Morgan fingerprint density at radius 2 is 1.79 bits per heavy atom. The van der Waals surface area contributed by atoms with E-state index in [9.17, 15) is 9.59 Å². The summed E-state index contributed by atoms with van der Waals surface area (Å²) in [6.07, 6.45) is 4.15. The molecule has 5 rings (SSSR count). The van der Waals surface area contributed by atoms with Crippen LogP contribution in [0.2, 0.25) is 0 Å². The van der Waals surface area contributed by atoms with Gasteiger partial charge in [-0.15, -0.1) is 0 Å². The molecule has 1 spiro atoms. The zero-order valence-corrected chi connectivity index (χ0v) is 19.7. The first-order chi connectivity index (χ1) is 16.5. The topological polar surface area (TPSA) is 70.0 Å². The lowest BCUT2D eigenvalue weighted by atomic mass is 9.86. The van der Waals surface area contributed by atoms with Crippen LogP contribution in [0.4, 0.5) is 0 Å². The Labute approximate surface area is 198 Å². The molecule has 0 N–H and O–H groups in total. The molecule has 0 radical (unpaired) electrons. The largest absolute Gasteiger partial charge is 0.496 e. The monoisotopic (exact) mass is 460 g/mol. The fourth-order valence-corrected chi connectivity index (χ4v) is 5.05. The van der Waals surface area contributed by atoms with Crippen LogP contribution < -0.4 is 9.47 Å². The van der Waals surface area contributed by atoms with Crippen LogP contribution >= 0.6 is 0 Å². The number of amides is 1. The highest BCUT2D eigenvalue weighted by molar-refractivity contribution is 5.95. The second-order valence-corrected chi connectivity index (χ2v) is 8.71. The number of nitrogens with zero attached hydrogens (tertiary/aromatic N) is 2. The van der Waals surface area contributed by atoms with Gasteiger partial charge in [0.1, 0.15) is 11.5 Å². The molecule has 7 heteroatoms. The number of piperidine rings is 1. The Hall–Kier alpha value is -3.74. The minimum atomic E-state index is -0.564. The number of aryl methyl sites for hydroxylation is 1. The second kappa shape index (κ2) is 8.56. The maximum absolute atomic E-state index is 13.3. The summed E-state index contributed by atoms with van der Waals surface area (Å²) in [7, 11) is 3.00. The number of rotatable bonds is 4. The van der Waals surface area contributed by atoms with Gasteiger partial charge in [-0.2, -0.15) is 0 Å². The lowest BCUT2D eigenvalue weighted by Crippen LogP contribution is -2.50. The smallest absolute Gasteiger partial charge is 0.337 e. The van der Waals surface area contributed by atoms with Gasteiger partial charge in [0.25, 0.3) is 5.91 Å². The average Bonchev–Trinajstić information content (AvgIpc) is 3.39. The summed E-state index contributed by atoms with van der Waals surface area (Å²) < 4.78 is 19.1. The molecule has 2 aromatic carbocycles. The number of benzene rings is 2. The van der Waals surface area contributed by atoms with Crippen LogP contribution in [0.1, 0.15) is 51.7 Å². The first-order valence-electron chi connectivity index (χ1n) is 11.6. The van der Waals surface area contributed by atoms with Gasteiger partial charge in [-0.3, -0.25) is 4.79 Å². The summed E-state index contributed by atoms with van der Waals surface area (Å²) >= 11 is 0. The lowest BCUT2D eigenvalue weighted by molar-refractivity contribution is -0.00945. The van der Waals surface area contributed by atoms with Gasteiger partial charge in [0.15, 0.2) is 5.60 Å². The van der Waals surface area contributed by atoms with Gasteiger partial charge in [-0.05, 0) is 54.4 Å². The third kappa shape index (κ3) is 3.52. The average molecular weight is 461 g/mol. The fourth-order valence-electron chi connectivity index (χ4n) is 5.05. The van der Waals surface area contributed by atoms with Gasteiger partial charge in [-0.1, -0.05) is 13.0 Å². The molecule has 1 amide bonds. The molecule has 1 aromatic heterocycles. The van der Waals surface area contributed by atoms with E-state index in [0.29, 0.717) is 42.8 Å². The Morgan fingerprint density at radius 3 is 2.50 bits per heavy atom. The second-order valence-electron chi connectivity index (χ2n) is 8.71. The van der Waals surface area contributed by atoms with Crippen LogP contribution in [0, 0.1) is 0 Å². The number of fused-ring (bicyclic) bond motifs is 4. The van der Waals surface area contributed by atoms with Crippen molar-refractivity contribution in [3.05, 3.63) is 77.1 Å². The molecule has 2 aliphatic rings.